The third-order valence-electron chi connectivity index (χ3n) is 5.41. The third kappa shape index (κ3) is 3.89. The summed E-state index contributed by atoms with van der Waals surface area (Å²) in [6.45, 7) is 1.90. The number of hydrogen-bond donors (Lipinski definition) is 1. The Morgan fingerprint density at radius 2 is 2.00 bits per heavy atom. The fraction of sp³-hybridized carbons (Fsp3) is 0.0385. The Hall–Kier alpha value is -3.92. The van der Waals surface area contributed by atoms with Gasteiger partial charge >= 0.3 is 5.63 Å². The first kappa shape index (κ1) is 21.0. The third-order valence-corrected chi connectivity index (χ3v) is 6.70. The number of aromatic nitrogens is 1. The van der Waals surface area contributed by atoms with E-state index in [0.717, 1.165) is 27.4 Å². The second kappa shape index (κ2) is 8.55. The van der Waals surface area contributed by atoms with Crippen LogP contribution in [0, 0.1) is 18.3 Å². The van der Waals surface area contributed by atoms with E-state index in [1.807, 2.05) is 61.5 Å². The summed E-state index contributed by atoms with van der Waals surface area (Å²) in [5, 5.41) is 18.6. The fourth-order valence-corrected chi connectivity index (χ4v) is 4.59. The van der Waals surface area contributed by atoms with E-state index in [2.05, 4.69) is 16.4 Å². The Labute approximate surface area is 198 Å². The molecule has 0 aliphatic heterocycles. The highest BCUT2D eigenvalue weighted by molar-refractivity contribution is 7.11. The molecule has 2 heterocycles. The summed E-state index contributed by atoms with van der Waals surface area (Å²) in [6, 6.07) is 21.2. The maximum atomic E-state index is 12.7. The van der Waals surface area contributed by atoms with Crippen molar-refractivity contribution in [1.29, 1.82) is 5.26 Å². The molecule has 3 aromatic carbocycles. The lowest BCUT2D eigenvalue weighted by atomic mass is 10.0. The molecule has 7 heteroatoms. The molecule has 2 aromatic heterocycles. The van der Waals surface area contributed by atoms with Gasteiger partial charge in [0.05, 0.1) is 11.3 Å². The second-order valence-electron chi connectivity index (χ2n) is 7.41. The Balaban J connectivity index is 1.54. The predicted molar refractivity (Wildman–Crippen MR) is 134 cm³/mol. The van der Waals surface area contributed by atoms with E-state index >= 15 is 0 Å². The van der Waals surface area contributed by atoms with E-state index in [9.17, 15) is 10.1 Å². The number of thiazole rings is 1. The van der Waals surface area contributed by atoms with Crippen LogP contribution in [0.3, 0.4) is 0 Å². The van der Waals surface area contributed by atoms with Crippen LogP contribution in [0.4, 0.5) is 5.69 Å². The fourth-order valence-electron chi connectivity index (χ4n) is 3.63. The predicted octanol–water partition coefficient (Wildman–Crippen LogP) is 7.01. The van der Waals surface area contributed by atoms with E-state index in [4.69, 9.17) is 16.0 Å². The van der Waals surface area contributed by atoms with Crippen LogP contribution in [0.25, 0.3) is 38.6 Å². The lowest BCUT2D eigenvalue weighted by Crippen LogP contribution is -2.03. The highest BCUT2D eigenvalue weighted by Gasteiger charge is 2.15. The van der Waals surface area contributed by atoms with Gasteiger partial charge in [0.15, 0.2) is 0 Å². The van der Waals surface area contributed by atoms with E-state index in [1.165, 1.54) is 11.3 Å². The molecule has 0 fully saturated rings. The molecule has 5 nitrogen and oxygen atoms in total. The van der Waals surface area contributed by atoms with Gasteiger partial charge in [-0.2, -0.15) is 5.26 Å². The van der Waals surface area contributed by atoms with E-state index in [0.29, 0.717) is 32.4 Å². The maximum Gasteiger partial charge on any atom is 0.345 e. The molecule has 0 saturated heterocycles. The van der Waals surface area contributed by atoms with Crippen molar-refractivity contribution >= 4 is 55.9 Å². The number of hydrogen-bond acceptors (Lipinski definition) is 6. The van der Waals surface area contributed by atoms with Crippen LogP contribution in [-0.2, 0) is 0 Å². The van der Waals surface area contributed by atoms with Gasteiger partial charge in [0.25, 0.3) is 0 Å². The highest BCUT2D eigenvalue weighted by Crippen LogP contribution is 2.30. The number of nitrogens with one attached hydrogen (secondary N) is 1. The van der Waals surface area contributed by atoms with Crippen molar-refractivity contribution in [2.24, 2.45) is 0 Å². The van der Waals surface area contributed by atoms with Crippen molar-refractivity contribution in [2.75, 3.05) is 5.32 Å². The van der Waals surface area contributed by atoms with Crippen LogP contribution < -0.4 is 10.9 Å². The number of anilines is 1. The first-order chi connectivity index (χ1) is 16.0. The summed E-state index contributed by atoms with van der Waals surface area (Å²) in [5.41, 5.74) is 2.92. The van der Waals surface area contributed by atoms with Crippen LogP contribution >= 0.6 is 22.9 Å². The molecule has 0 atom stereocenters. The zero-order valence-corrected chi connectivity index (χ0v) is 19.0. The van der Waals surface area contributed by atoms with Crippen LogP contribution in [0.2, 0.25) is 5.02 Å². The summed E-state index contributed by atoms with van der Waals surface area (Å²) in [5.74, 6) is 0. The molecule has 0 aliphatic rings. The SMILES string of the molecule is Cc1c(Cl)cccc1NC=C(C#N)c1nc(-c2cc3c(ccc4ccccc43)oc2=O)cs1. The average molecular weight is 470 g/mol. The molecule has 0 saturated carbocycles. The van der Waals surface area contributed by atoms with E-state index in [1.54, 1.807) is 17.6 Å². The number of fused-ring (bicyclic) bond motifs is 3. The summed E-state index contributed by atoms with van der Waals surface area (Å²) in [7, 11) is 0. The Morgan fingerprint density at radius 3 is 2.85 bits per heavy atom. The molecule has 160 valence electrons. The molecule has 0 spiro atoms. The molecule has 0 bridgehead atoms. The minimum atomic E-state index is -0.468. The molecule has 5 aromatic rings. The average Bonchev–Trinajstić information content (AvgIpc) is 3.31. The Morgan fingerprint density at radius 1 is 1.15 bits per heavy atom. The number of halogens is 1. The van der Waals surface area contributed by atoms with Crippen molar-refractivity contribution in [3.63, 3.8) is 0 Å². The number of allylic oxidation sites excluding steroid dienone is 1. The van der Waals surface area contributed by atoms with Crippen LogP contribution in [0.1, 0.15) is 10.6 Å². The normalized spacial score (nSPS) is 11.6. The topological polar surface area (TPSA) is 78.9 Å². The zero-order valence-electron chi connectivity index (χ0n) is 17.4. The standard InChI is InChI=1S/C26H16ClN3O2S/c1-15-21(27)7-4-8-22(15)29-13-17(12-28)25-30-23(14-33-25)20-11-19-18-6-3-2-5-16(18)9-10-24(19)32-26(20)31/h2-11,13-14,29H,1H3. The summed E-state index contributed by atoms with van der Waals surface area (Å²) in [6.07, 6.45) is 1.59. The number of nitrogens with zero attached hydrogens (tertiary/aromatic N) is 2. The van der Waals surface area contributed by atoms with Gasteiger partial charge in [-0.1, -0.05) is 48.0 Å². The van der Waals surface area contributed by atoms with Gasteiger partial charge in [0, 0.05) is 27.7 Å². The van der Waals surface area contributed by atoms with Crippen molar-refractivity contribution in [3.8, 4) is 17.3 Å². The van der Waals surface area contributed by atoms with Crippen molar-refractivity contribution in [3.05, 3.63) is 98.3 Å². The molecule has 0 amide bonds. The van der Waals surface area contributed by atoms with Crippen molar-refractivity contribution in [1.82, 2.24) is 4.98 Å². The summed E-state index contributed by atoms with van der Waals surface area (Å²) >= 11 is 7.46. The molecule has 0 aliphatic carbocycles. The quantitative estimate of drug-likeness (QED) is 0.174. The van der Waals surface area contributed by atoms with Gasteiger partial charge < -0.3 is 9.73 Å². The van der Waals surface area contributed by atoms with Crippen LogP contribution in [-0.4, -0.2) is 4.98 Å². The van der Waals surface area contributed by atoms with E-state index < -0.39 is 5.63 Å². The number of rotatable bonds is 4. The smallest absolute Gasteiger partial charge is 0.345 e. The first-order valence-electron chi connectivity index (χ1n) is 10.1. The number of benzene rings is 3. The zero-order chi connectivity index (χ0) is 22.9. The molecule has 1 N–H and O–H groups in total. The Kier molecular flexibility index (Phi) is 5.43. The molecular formula is C26H16ClN3O2S. The molecule has 5 rings (SSSR count). The van der Waals surface area contributed by atoms with Crippen molar-refractivity contribution in [2.45, 2.75) is 6.92 Å². The minimum Gasteiger partial charge on any atom is -0.422 e. The molecular weight excluding hydrogens is 454 g/mol. The summed E-state index contributed by atoms with van der Waals surface area (Å²) < 4.78 is 5.59. The highest BCUT2D eigenvalue weighted by atomic mass is 35.5. The van der Waals surface area contributed by atoms with Gasteiger partial charge in [-0.05, 0) is 47.5 Å². The van der Waals surface area contributed by atoms with Gasteiger partial charge in [-0.15, -0.1) is 11.3 Å². The van der Waals surface area contributed by atoms with Gasteiger partial charge in [-0.25, -0.2) is 9.78 Å². The largest absolute Gasteiger partial charge is 0.422 e. The maximum absolute atomic E-state index is 12.7. The first-order valence-corrected chi connectivity index (χ1v) is 11.3. The van der Waals surface area contributed by atoms with Gasteiger partial charge in [0.2, 0.25) is 0 Å². The van der Waals surface area contributed by atoms with Crippen LogP contribution in [0.5, 0.6) is 0 Å². The molecule has 0 unspecified atom stereocenters. The van der Waals surface area contributed by atoms with E-state index in [-0.39, 0.29) is 0 Å². The van der Waals surface area contributed by atoms with Crippen molar-refractivity contribution < 1.29 is 4.42 Å². The van der Waals surface area contributed by atoms with Gasteiger partial charge in [0.1, 0.15) is 22.2 Å². The summed E-state index contributed by atoms with van der Waals surface area (Å²) in [4.78, 5) is 17.2. The number of nitriles is 1. The minimum absolute atomic E-state index is 0.348. The Bertz CT molecular complexity index is 1660. The molecule has 33 heavy (non-hydrogen) atoms. The monoisotopic (exact) mass is 469 g/mol. The lowest BCUT2D eigenvalue weighted by molar-refractivity contribution is 0.563. The lowest BCUT2D eigenvalue weighted by Gasteiger charge is -2.07. The van der Waals surface area contributed by atoms with Crippen LogP contribution in [0.15, 0.2) is 81.5 Å². The van der Waals surface area contributed by atoms with Gasteiger partial charge in [-0.3, -0.25) is 0 Å². The second-order valence-corrected chi connectivity index (χ2v) is 8.68. The molecule has 0 radical (unpaired) electrons.